The van der Waals surface area contributed by atoms with Gasteiger partial charge in [0.1, 0.15) is 5.75 Å². The number of carbonyl (C=O) groups is 1. The molecule has 0 atom stereocenters. The van der Waals surface area contributed by atoms with E-state index in [0.717, 1.165) is 35.7 Å². The van der Waals surface area contributed by atoms with Crippen molar-refractivity contribution in [3.63, 3.8) is 0 Å². The molecule has 0 radical (unpaired) electrons. The zero-order valence-corrected chi connectivity index (χ0v) is 13.1. The van der Waals surface area contributed by atoms with E-state index in [2.05, 4.69) is 17.6 Å². The van der Waals surface area contributed by atoms with Crippen molar-refractivity contribution in [2.24, 2.45) is 0 Å². The van der Waals surface area contributed by atoms with Crippen LogP contribution in [0.1, 0.15) is 18.1 Å². The van der Waals surface area contributed by atoms with E-state index in [9.17, 15) is 4.79 Å². The maximum Gasteiger partial charge on any atom is 0.262 e. The van der Waals surface area contributed by atoms with Gasteiger partial charge in [0, 0.05) is 17.8 Å². The zero-order valence-electron chi connectivity index (χ0n) is 13.1. The average molecular weight is 298 g/mol. The maximum absolute atomic E-state index is 12.0. The second-order valence-electron chi connectivity index (χ2n) is 5.09. The Morgan fingerprint density at radius 1 is 1.14 bits per heavy atom. The van der Waals surface area contributed by atoms with Crippen LogP contribution < -0.4 is 15.4 Å². The number of aryl methyl sites for hydroxylation is 1. The molecule has 0 aliphatic rings. The van der Waals surface area contributed by atoms with Crippen LogP contribution in [0.4, 0.5) is 5.69 Å². The highest BCUT2D eigenvalue weighted by molar-refractivity contribution is 5.91. The van der Waals surface area contributed by atoms with E-state index in [1.165, 1.54) is 0 Å². The Kier molecular flexibility index (Phi) is 5.98. The van der Waals surface area contributed by atoms with Crippen molar-refractivity contribution in [3.8, 4) is 5.75 Å². The predicted molar refractivity (Wildman–Crippen MR) is 89.1 cm³/mol. The lowest BCUT2D eigenvalue weighted by molar-refractivity contribution is -0.118. The third kappa shape index (κ3) is 4.90. The summed E-state index contributed by atoms with van der Waals surface area (Å²) in [5, 5.41) is 6.09. The molecule has 0 heterocycles. The third-order valence-electron chi connectivity index (χ3n) is 3.20. The first-order chi connectivity index (χ1) is 10.7. The Labute approximate surface area is 131 Å². The molecule has 0 unspecified atom stereocenters. The van der Waals surface area contributed by atoms with Gasteiger partial charge in [0.2, 0.25) is 0 Å². The summed E-state index contributed by atoms with van der Waals surface area (Å²) in [6.07, 6.45) is 0. The fourth-order valence-corrected chi connectivity index (χ4v) is 2.11. The van der Waals surface area contributed by atoms with Crippen LogP contribution in [-0.2, 0) is 11.3 Å². The van der Waals surface area contributed by atoms with E-state index in [-0.39, 0.29) is 12.5 Å². The number of benzene rings is 2. The Morgan fingerprint density at radius 3 is 2.73 bits per heavy atom. The Hall–Kier alpha value is -2.33. The molecule has 0 bridgehead atoms. The summed E-state index contributed by atoms with van der Waals surface area (Å²) in [4.78, 5) is 12.0. The van der Waals surface area contributed by atoms with Crippen molar-refractivity contribution in [1.29, 1.82) is 0 Å². The van der Waals surface area contributed by atoms with E-state index >= 15 is 0 Å². The van der Waals surface area contributed by atoms with Crippen LogP contribution in [0.2, 0.25) is 0 Å². The first-order valence-corrected chi connectivity index (χ1v) is 7.47. The van der Waals surface area contributed by atoms with Crippen LogP contribution in [0.5, 0.6) is 5.75 Å². The third-order valence-corrected chi connectivity index (χ3v) is 3.20. The van der Waals surface area contributed by atoms with Gasteiger partial charge in [0.05, 0.1) is 0 Å². The largest absolute Gasteiger partial charge is 0.483 e. The molecule has 0 aliphatic heterocycles. The molecule has 0 saturated heterocycles. The van der Waals surface area contributed by atoms with E-state index in [4.69, 9.17) is 4.74 Å². The van der Waals surface area contributed by atoms with Crippen LogP contribution in [0, 0.1) is 6.92 Å². The van der Waals surface area contributed by atoms with Crippen LogP contribution in [0.15, 0.2) is 48.5 Å². The number of amides is 1. The van der Waals surface area contributed by atoms with Gasteiger partial charge < -0.3 is 15.4 Å². The summed E-state index contributed by atoms with van der Waals surface area (Å²) in [5.74, 6) is 0.576. The number of hydrogen-bond donors (Lipinski definition) is 2. The number of carbonyl (C=O) groups excluding carboxylic acids is 1. The molecule has 0 spiro atoms. The highest BCUT2D eigenvalue weighted by Crippen LogP contribution is 2.17. The van der Waals surface area contributed by atoms with E-state index in [0.29, 0.717) is 0 Å². The van der Waals surface area contributed by atoms with Gasteiger partial charge in [-0.05, 0) is 37.2 Å². The second-order valence-corrected chi connectivity index (χ2v) is 5.09. The first-order valence-electron chi connectivity index (χ1n) is 7.47. The van der Waals surface area contributed by atoms with E-state index < -0.39 is 0 Å². The maximum atomic E-state index is 12.0. The average Bonchev–Trinajstić information content (AvgIpc) is 2.51. The summed E-state index contributed by atoms with van der Waals surface area (Å²) < 4.78 is 5.65. The lowest BCUT2D eigenvalue weighted by atomic mass is 10.2. The van der Waals surface area contributed by atoms with Crippen LogP contribution in [0.3, 0.4) is 0 Å². The van der Waals surface area contributed by atoms with Gasteiger partial charge in [-0.1, -0.05) is 37.3 Å². The van der Waals surface area contributed by atoms with Crippen molar-refractivity contribution in [2.45, 2.75) is 20.4 Å². The lowest BCUT2D eigenvalue weighted by Gasteiger charge is -2.12. The van der Waals surface area contributed by atoms with Crippen molar-refractivity contribution >= 4 is 11.6 Å². The lowest BCUT2D eigenvalue weighted by Crippen LogP contribution is -2.21. The fourth-order valence-electron chi connectivity index (χ4n) is 2.11. The van der Waals surface area contributed by atoms with Gasteiger partial charge in [0.25, 0.3) is 5.91 Å². The summed E-state index contributed by atoms with van der Waals surface area (Å²) in [6, 6.07) is 15.4. The molecule has 2 aromatic carbocycles. The van der Waals surface area contributed by atoms with Gasteiger partial charge in [-0.3, -0.25) is 4.79 Å². The predicted octanol–water partition coefficient (Wildman–Crippen LogP) is 3.12. The number of nitrogens with one attached hydrogen (secondary N) is 2. The first kappa shape index (κ1) is 16.0. The number of ether oxygens (including phenoxy) is 1. The van der Waals surface area contributed by atoms with Crippen molar-refractivity contribution in [2.75, 3.05) is 18.5 Å². The number of hydrogen-bond acceptors (Lipinski definition) is 3. The fraction of sp³-hybridized carbons (Fsp3) is 0.278. The molecular formula is C18H22N2O2. The standard InChI is InChI=1S/C18H22N2O2/c1-3-19-12-15-8-4-5-10-17(15)22-13-18(21)20-16-9-6-7-14(2)11-16/h4-11,19H,3,12-13H2,1-2H3,(H,20,21). The molecule has 22 heavy (non-hydrogen) atoms. The molecular weight excluding hydrogens is 276 g/mol. The molecule has 4 nitrogen and oxygen atoms in total. The van der Waals surface area contributed by atoms with Crippen molar-refractivity contribution < 1.29 is 9.53 Å². The summed E-state index contributed by atoms with van der Waals surface area (Å²) in [7, 11) is 0. The van der Waals surface area contributed by atoms with E-state index in [1.54, 1.807) is 0 Å². The highest BCUT2D eigenvalue weighted by atomic mass is 16.5. The highest BCUT2D eigenvalue weighted by Gasteiger charge is 2.07. The van der Waals surface area contributed by atoms with Gasteiger partial charge in [0.15, 0.2) is 6.61 Å². The molecule has 2 rings (SSSR count). The van der Waals surface area contributed by atoms with Crippen molar-refractivity contribution in [1.82, 2.24) is 5.32 Å². The molecule has 0 aliphatic carbocycles. The van der Waals surface area contributed by atoms with Gasteiger partial charge in [-0.25, -0.2) is 0 Å². The quantitative estimate of drug-likeness (QED) is 0.825. The van der Waals surface area contributed by atoms with Crippen molar-refractivity contribution in [3.05, 3.63) is 59.7 Å². The number of para-hydroxylation sites is 1. The normalized spacial score (nSPS) is 10.3. The minimum Gasteiger partial charge on any atom is -0.483 e. The van der Waals surface area contributed by atoms with Gasteiger partial charge >= 0.3 is 0 Å². The minimum atomic E-state index is -0.163. The Morgan fingerprint density at radius 2 is 1.95 bits per heavy atom. The summed E-state index contributed by atoms with van der Waals surface area (Å²) >= 11 is 0. The number of rotatable bonds is 7. The smallest absolute Gasteiger partial charge is 0.262 e. The van der Waals surface area contributed by atoms with E-state index in [1.807, 2.05) is 55.5 Å². The Bertz CT molecular complexity index is 626. The van der Waals surface area contributed by atoms with Crippen LogP contribution in [0.25, 0.3) is 0 Å². The Balaban J connectivity index is 1.91. The van der Waals surface area contributed by atoms with Gasteiger partial charge in [-0.2, -0.15) is 0 Å². The molecule has 116 valence electrons. The molecule has 4 heteroatoms. The monoisotopic (exact) mass is 298 g/mol. The minimum absolute atomic E-state index is 0.00290. The zero-order chi connectivity index (χ0) is 15.8. The van der Waals surface area contributed by atoms with Gasteiger partial charge in [-0.15, -0.1) is 0 Å². The topological polar surface area (TPSA) is 50.4 Å². The molecule has 0 aromatic heterocycles. The molecule has 0 fully saturated rings. The van der Waals surface area contributed by atoms with Crippen LogP contribution in [-0.4, -0.2) is 19.1 Å². The molecule has 2 aromatic rings. The molecule has 1 amide bonds. The van der Waals surface area contributed by atoms with Crippen LogP contribution >= 0.6 is 0 Å². The molecule has 0 saturated carbocycles. The summed E-state index contributed by atoms with van der Waals surface area (Å²) in [5.41, 5.74) is 2.94. The number of anilines is 1. The molecule has 2 N–H and O–H groups in total. The summed E-state index contributed by atoms with van der Waals surface area (Å²) in [6.45, 7) is 5.66. The SMILES string of the molecule is CCNCc1ccccc1OCC(=O)Nc1cccc(C)c1. The second kappa shape index (κ2) is 8.20.